The SMILES string of the molecule is CC1CC1CC(=O)NCC(=O)O. The normalized spacial score (nSPS) is 26.4. The lowest BCUT2D eigenvalue weighted by Gasteiger charge is -1.99. The van der Waals surface area contributed by atoms with E-state index in [2.05, 4.69) is 12.2 Å². The van der Waals surface area contributed by atoms with Crippen molar-refractivity contribution >= 4 is 11.9 Å². The lowest BCUT2D eigenvalue weighted by Crippen LogP contribution is -2.29. The van der Waals surface area contributed by atoms with Crippen LogP contribution in [0.15, 0.2) is 0 Å². The Bertz CT molecular complexity index is 202. The first-order chi connectivity index (χ1) is 5.59. The van der Waals surface area contributed by atoms with E-state index in [1.54, 1.807) is 0 Å². The molecule has 0 spiro atoms. The van der Waals surface area contributed by atoms with E-state index < -0.39 is 5.97 Å². The fourth-order valence-electron chi connectivity index (χ4n) is 1.17. The summed E-state index contributed by atoms with van der Waals surface area (Å²) in [5.74, 6) is -0.0154. The molecule has 0 heterocycles. The summed E-state index contributed by atoms with van der Waals surface area (Å²) < 4.78 is 0. The zero-order chi connectivity index (χ0) is 9.14. The van der Waals surface area contributed by atoms with Crippen molar-refractivity contribution in [2.24, 2.45) is 11.8 Å². The van der Waals surface area contributed by atoms with Gasteiger partial charge in [-0.15, -0.1) is 0 Å². The van der Waals surface area contributed by atoms with Crippen LogP contribution in [0.4, 0.5) is 0 Å². The molecule has 2 unspecified atom stereocenters. The van der Waals surface area contributed by atoms with Gasteiger partial charge in [-0.05, 0) is 18.3 Å². The average molecular weight is 171 g/mol. The lowest BCUT2D eigenvalue weighted by molar-refractivity contribution is -0.138. The van der Waals surface area contributed by atoms with Crippen molar-refractivity contribution in [3.05, 3.63) is 0 Å². The van der Waals surface area contributed by atoms with Crippen LogP contribution >= 0.6 is 0 Å². The van der Waals surface area contributed by atoms with Crippen molar-refractivity contribution in [1.29, 1.82) is 0 Å². The largest absolute Gasteiger partial charge is 0.480 e. The number of carboxylic acids is 1. The molecule has 4 heteroatoms. The minimum Gasteiger partial charge on any atom is -0.480 e. The first-order valence-electron chi connectivity index (χ1n) is 4.08. The Morgan fingerprint density at radius 2 is 2.17 bits per heavy atom. The van der Waals surface area contributed by atoms with Crippen LogP contribution < -0.4 is 5.32 Å². The van der Waals surface area contributed by atoms with E-state index in [-0.39, 0.29) is 12.5 Å². The van der Waals surface area contributed by atoms with Gasteiger partial charge < -0.3 is 10.4 Å². The van der Waals surface area contributed by atoms with Crippen LogP contribution in [-0.4, -0.2) is 23.5 Å². The Balaban J connectivity index is 2.08. The van der Waals surface area contributed by atoms with E-state index in [9.17, 15) is 9.59 Å². The maximum Gasteiger partial charge on any atom is 0.322 e. The Morgan fingerprint density at radius 1 is 1.58 bits per heavy atom. The summed E-state index contributed by atoms with van der Waals surface area (Å²) in [6.45, 7) is 1.83. The molecule has 12 heavy (non-hydrogen) atoms. The quantitative estimate of drug-likeness (QED) is 0.636. The Hall–Kier alpha value is -1.06. The van der Waals surface area contributed by atoms with Crippen LogP contribution in [-0.2, 0) is 9.59 Å². The highest BCUT2D eigenvalue weighted by Crippen LogP contribution is 2.40. The van der Waals surface area contributed by atoms with E-state index in [0.717, 1.165) is 6.42 Å². The Kier molecular flexibility index (Phi) is 2.68. The molecule has 0 aliphatic heterocycles. The van der Waals surface area contributed by atoms with Crippen molar-refractivity contribution in [3.8, 4) is 0 Å². The van der Waals surface area contributed by atoms with Crippen LogP contribution in [0.25, 0.3) is 0 Å². The van der Waals surface area contributed by atoms with Gasteiger partial charge in [-0.2, -0.15) is 0 Å². The van der Waals surface area contributed by atoms with Gasteiger partial charge in [0, 0.05) is 6.42 Å². The molecule has 0 aromatic rings. The number of aliphatic carboxylic acids is 1. The van der Waals surface area contributed by atoms with Crippen molar-refractivity contribution in [2.45, 2.75) is 19.8 Å². The van der Waals surface area contributed by atoms with Gasteiger partial charge in [-0.3, -0.25) is 9.59 Å². The van der Waals surface area contributed by atoms with Gasteiger partial charge in [0.25, 0.3) is 0 Å². The summed E-state index contributed by atoms with van der Waals surface area (Å²) in [4.78, 5) is 21.0. The van der Waals surface area contributed by atoms with Gasteiger partial charge in [0.2, 0.25) is 5.91 Å². The number of hydrogen-bond donors (Lipinski definition) is 2. The minimum absolute atomic E-state index is 0.147. The third kappa shape index (κ3) is 2.90. The topological polar surface area (TPSA) is 66.4 Å². The highest BCUT2D eigenvalue weighted by Gasteiger charge is 2.34. The second-order valence-corrected chi connectivity index (χ2v) is 3.35. The van der Waals surface area contributed by atoms with Gasteiger partial charge in [0.05, 0.1) is 0 Å². The fourth-order valence-corrected chi connectivity index (χ4v) is 1.17. The van der Waals surface area contributed by atoms with Crippen LogP contribution in [0.3, 0.4) is 0 Å². The highest BCUT2D eigenvalue weighted by molar-refractivity contribution is 5.81. The molecule has 1 amide bonds. The fraction of sp³-hybridized carbons (Fsp3) is 0.750. The molecular formula is C8H13NO3. The summed E-state index contributed by atoms with van der Waals surface area (Å²) in [7, 11) is 0. The molecule has 1 fully saturated rings. The predicted octanol–water partition coefficient (Wildman–Crippen LogP) is 0.233. The van der Waals surface area contributed by atoms with E-state index >= 15 is 0 Å². The van der Waals surface area contributed by atoms with Crippen molar-refractivity contribution in [3.63, 3.8) is 0 Å². The first-order valence-corrected chi connectivity index (χ1v) is 4.08. The Morgan fingerprint density at radius 3 is 2.58 bits per heavy atom. The van der Waals surface area contributed by atoms with Gasteiger partial charge in [0.1, 0.15) is 6.54 Å². The van der Waals surface area contributed by atoms with Crippen LogP contribution in [0.2, 0.25) is 0 Å². The molecule has 68 valence electrons. The molecule has 2 N–H and O–H groups in total. The molecule has 0 aromatic carbocycles. The summed E-state index contributed by atoms with van der Waals surface area (Å²) in [5.41, 5.74) is 0. The molecule has 2 atom stereocenters. The van der Waals surface area contributed by atoms with E-state index in [0.29, 0.717) is 18.3 Å². The minimum atomic E-state index is -0.993. The molecule has 0 radical (unpaired) electrons. The molecular weight excluding hydrogens is 158 g/mol. The maximum atomic E-state index is 11.0. The van der Waals surface area contributed by atoms with E-state index in [4.69, 9.17) is 5.11 Å². The van der Waals surface area contributed by atoms with Crippen molar-refractivity contribution in [1.82, 2.24) is 5.32 Å². The molecule has 1 aliphatic carbocycles. The average Bonchev–Trinajstić information content (AvgIpc) is 2.62. The monoisotopic (exact) mass is 171 g/mol. The van der Waals surface area contributed by atoms with Gasteiger partial charge in [-0.25, -0.2) is 0 Å². The summed E-state index contributed by atoms with van der Waals surface area (Å²) in [6.07, 6.45) is 1.58. The molecule has 1 rings (SSSR count). The summed E-state index contributed by atoms with van der Waals surface area (Å²) in [6, 6.07) is 0. The molecule has 0 aromatic heterocycles. The molecule has 0 bridgehead atoms. The van der Waals surface area contributed by atoms with Gasteiger partial charge in [-0.1, -0.05) is 6.92 Å². The van der Waals surface area contributed by atoms with E-state index in [1.807, 2.05) is 0 Å². The maximum absolute atomic E-state index is 11.0. The molecule has 4 nitrogen and oxygen atoms in total. The van der Waals surface area contributed by atoms with Crippen LogP contribution in [0, 0.1) is 11.8 Å². The number of amides is 1. The number of hydrogen-bond acceptors (Lipinski definition) is 2. The number of carboxylic acid groups (broad SMARTS) is 1. The smallest absolute Gasteiger partial charge is 0.322 e. The standard InChI is InChI=1S/C8H13NO3/c1-5-2-6(5)3-7(10)9-4-8(11)12/h5-6H,2-4H2,1H3,(H,9,10)(H,11,12). The van der Waals surface area contributed by atoms with Crippen LogP contribution in [0.1, 0.15) is 19.8 Å². The third-order valence-corrected chi connectivity index (χ3v) is 2.16. The zero-order valence-corrected chi connectivity index (χ0v) is 7.04. The van der Waals surface area contributed by atoms with Gasteiger partial charge in [0.15, 0.2) is 0 Å². The van der Waals surface area contributed by atoms with Crippen molar-refractivity contribution < 1.29 is 14.7 Å². The van der Waals surface area contributed by atoms with Crippen molar-refractivity contribution in [2.75, 3.05) is 6.54 Å². The second-order valence-electron chi connectivity index (χ2n) is 3.35. The van der Waals surface area contributed by atoms with Gasteiger partial charge >= 0.3 is 5.97 Å². The molecule has 1 aliphatic rings. The third-order valence-electron chi connectivity index (χ3n) is 2.16. The number of rotatable bonds is 4. The molecule has 1 saturated carbocycles. The number of nitrogens with one attached hydrogen (secondary N) is 1. The van der Waals surface area contributed by atoms with E-state index in [1.165, 1.54) is 0 Å². The lowest BCUT2D eigenvalue weighted by atomic mass is 10.2. The summed E-state index contributed by atoms with van der Waals surface area (Å²) in [5, 5.41) is 10.6. The molecule has 0 saturated heterocycles. The first kappa shape index (κ1) is 9.03. The second kappa shape index (κ2) is 3.56. The number of carbonyl (C=O) groups is 2. The predicted molar refractivity (Wildman–Crippen MR) is 42.5 cm³/mol. The highest BCUT2D eigenvalue weighted by atomic mass is 16.4. The number of carbonyl (C=O) groups excluding carboxylic acids is 1. The Labute approximate surface area is 71.0 Å². The zero-order valence-electron chi connectivity index (χ0n) is 7.04. The van der Waals surface area contributed by atoms with Crippen LogP contribution in [0.5, 0.6) is 0 Å². The summed E-state index contributed by atoms with van der Waals surface area (Å²) >= 11 is 0.